The van der Waals surface area contributed by atoms with E-state index < -0.39 is 6.29 Å². The molecule has 22 heavy (non-hydrogen) atoms. The van der Waals surface area contributed by atoms with Crippen LogP contribution in [0.4, 0.5) is 6.01 Å². The maximum atomic E-state index is 11.9. The number of hydrogen-bond acceptors (Lipinski definition) is 5. The van der Waals surface area contributed by atoms with Crippen LogP contribution in [0.2, 0.25) is 0 Å². The fraction of sp³-hybridized carbons (Fsp3) is 0.125. The van der Waals surface area contributed by atoms with Gasteiger partial charge in [-0.3, -0.25) is 10.5 Å². The number of nitrogens with zero attached hydrogens (tertiary/aromatic N) is 1. The highest BCUT2D eigenvalue weighted by Crippen LogP contribution is 2.17. The number of nitrogens with one attached hydrogen (secondary N) is 2. The highest BCUT2D eigenvalue weighted by molar-refractivity contribution is 5.79. The minimum atomic E-state index is -0.774. The first-order valence-corrected chi connectivity index (χ1v) is 6.92. The van der Waals surface area contributed by atoms with E-state index in [-0.39, 0.29) is 18.3 Å². The summed E-state index contributed by atoms with van der Waals surface area (Å²) in [6.07, 6.45) is -0.506. The van der Waals surface area contributed by atoms with Gasteiger partial charge in [0.15, 0.2) is 11.9 Å². The summed E-state index contributed by atoms with van der Waals surface area (Å²) in [4.78, 5) is 16.1. The lowest BCUT2D eigenvalue weighted by Gasteiger charge is -2.14. The number of carbonyl (C=O) groups excluding carboxylic acids is 1. The molecule has 0 radical (unpaired) electrons. The van der Waals surface area contributed by atoms with Crippen LogP contribution in [0.1, 0.15) is 5.56 Å². The molecule has 6 heteroatoms. The molecule has 0 fully saturated rings. The number of para-hydroxylation sites is 2. The SMILES string of the molecule is NC(NC(=O)Cc1ccccc1)Nc1nc2ccccc2o1. The molecule has 0 aliphatic carbocycles. The van der Waals surface area contributed by atoms with Crippen molar-refractivity contribution in [1.82, 2.24) is 10.3 Å². The van der Waals surface area contributed by atoms with Gasteiger partial charge in [-0.2, -0.15) is 4.98 Å². The van der Waals surface area contributed by atoms with E-state index in [1.165, 1.54) is 0 Å². The Labute approximate surface area is 127 Å². The average molecular weight is 296 g/mol. The van der Waals surface area contributed by atoms with Gasteiger partial charge in [-0.25, -0.2) is 0 Å². The maximum Gasteiger partial charge on any atom is 0.298 e. The van der Waals surface area contributed by atoms with E-state index in [4.69, 9.17) is 10.2 Å². The minimum absolute atomic E-state index is 0.178. The topological polar surface area (TPSA) is 93.2 Å². The van der Waals surface area contributed by atoms with E-state index in [9.17, 15) is 4.79 Å². The molecule has 3 rings (SSSR count). The molecule has 0 aliphatic rings. The van der Waals surface area contributed by atoms with Gasteiger partial charge >= 0.3 is 0 Å². The third-order valence-electron chi connectivity index (χ3n) is 3.10. The smallest absolute Gasteiger partial charge is 0.298 e. The van der Waals surface area contributed by atoms with E-state index >= 15 is 0 Å². The third-order valence-corrected chi connectivity index (χ3v) is 3.10. The second kappa shape index (κ2) is 6.28. The van der Waals surface area contributed by atoms with Gasteiger partial charge in [-0.15, -0.1) is 0 Å². The van der Waals surface area contributed by atoms with Crippen molar-refractivity contribution in [3.8, 4) is 0 Å². The Kier molecular flexibility index (Phi) is 4.02. The molecule has 112 valence electrons. The van der Waals surface area contributed by atoms with Crippen LogP contribution < -0.4 is 16.4 Å². The quantitative estimate of drug-likeness (QED) is 0.625. The zero-order valence-electron chi connectivity index (χ0n) is 11.8. The van der Waals surface area contributed by atoms with Gasteiger partial charge in [0.1, 0.15) is 5.52 Å². The third kappa shape index (κ3) is 3.42. The molecule has 2 aromatic carbocycles. The van der Waals surface area contributed by atoms with Gasteiger partial charge in [-0.05, 0) is 17.7 Å². The number of hydrogen-bond donors (Lipinski definition) is 3. The van der Waals surface area contributed by atoms with Crippen LogP contribution in [0.25, 0.3) is 11.1 Å². The fourth-order valence-corrected chi connectivity index (χ4v) is 2.11. The number of benzene rings is 2. The van der Waals surface area contributed by atoms with Crippen molar-refractivity contribution in [1.29, 1.82) is 0 Å². The number of rotatable bonds is 5. The lowest BCUT2D eigenvalue weighted by atomic mass is 10.1. The number of nitrogens with two attached hydrogens (primary N) is 1. The zero-order chi connectivity index (χ0) is 15.4. The van der Waals surface area contributed by atoms with Gasteiger partial charge in [0.2, 0.25) is 5.91 Å². The van der Waals surface area contributed by atoms with Gasteiger partial charge in [0.05, 0.1) is 6.42 Å². The van der Waals surface area contributed by atoms with Crippen molar-refractivity contribution in [2.75, 3.05) is 5.32 Å². The molecule has 1 aromatic heterocycles. The van der Waals surface area contributed by atoms with E-state index in [1.54, 1.807) is 0 Å². The molecule has 4 N–H and O–H groups in total. The summed E-state index contributed by atoms with van der Waals surface area (Å²) in [5, 5.41) is 5.46. The van der Waals surface area contributed by atoms with Crippen LogP contribution in [0.3, 0.4) is 0 Å². The fourth-order valence-electron chi connectivity index (χ4n) is 2.11. The summed E-state index contributed by atoms with van der Waals surface area (Å²) < 4.78 is 5.49. The Balaban J connectivity index is 1.57. The summed E-state index contributed by atoms with van der Waals surface area (Å²) >= 11 is 0. The lowest BCUT2D eigenvalue weighted by Crippen LogP contribution is -2.47. The Hall–Kier alpha value is -2.86. The van der Waals surface area contributed by atoms with Crippen molar-refractivity contribution >= 4 is 23.0 Å². The Morgan fingerprint density at radius 2 is 1.86 bits per heavy atom. The van der Waals surface area contributed by atoms with E-state index in [2.05, 4.69) is 15.6 Å². The van der Waals surface area contributed by atoms with Crippen LogP contribution in [-0.4, -0.2) is 17.2 Å². The average Bonchev–Trinajstić information content (AvgIpc) is 2.89. The Morgan fingerprint density at radius 3 is 2.64 bits per heavy atom. The van der Waals surface area contributed by atoms with Gasteiger partial charge in [0.25, 0.3) is 6.01 Å². The first-order valence-electron chi connectivity index (χ1n) is 6.92. The molecular formula is C16H16N4O2. The molecule has 0 saturated heterocycles. The number of fused-ring (bicyclic) bond motifs is 1. The van der Waals surface area contributed by atoms with Crippen LogP contribution in [0, 0.1) is 0 Å². The van der Waals surface area contributed by atoms with Gasteiger partial charge in [0, 0.05) is 0 Å². The molecule has 0 aliphatic heterocycles. The molecule has 6 nitrogen and oxygen atoms in total. The molecule has 1 unspecified atom stereocenters. The lowest BCUT2D eigenvalue weighted by molar-refractivity contribution is -0.120. The highest BCUT2D eigenvalue weighted by Gasteiger charge is 2.11. The van der Waals surface area contributed by atoms with Crippen LogP contribution >= 0.6 is 0 Å². The molecule has 3 aromatic rings. The number of aromatic nitrogens is 1. The zero-order valence-corrected chi connectivity index (χ0v) is 11.8. The summed E-state index contributed by atoms with van der Waals surface area (Å²) in [5.74, 6) is -0.178. The molecule has 0 saturated carbocycles. The van der Waals surface area contributed by atoms with E-state index in [0.29, 0.717) is 5.58 Å². The van der Waals surface area contributed by atoms with Crippen LogP contribution in [0.5, 0.6) is 0 Å². The first-order chi connectivity index (χ1) is 10.7. The number of amides is 1. The summed E-state index contributed by atoms with van der Waals surface area (Å²) in [7, 11) is 0. The second-order valence-corrected chi connectivity index (χ2v) is 4.84. The van der Waals surface area contributed by atoms with Crippen LogP contribution in [0.15, 0.2) is 59.0 Å². The molecular weight excluding hydrogens is 280 g/mol. The predicted octanol–water partition coefficient (Wildman–Crippen LogP) is 1.84. The largest absolute Gasteiger partial charge is 0.423 e. The van der Waals surface area contributed by atoms with Gasteiger partial charge in [-0.1, -0.05) is 42.5 Å². The number of oxazole rings is 1. The minimum Gasteiger partial charge on any atom is -0.423 e. The summed E-state index contributed by atoms with van der Waals surface area (Å²) in [6, 6.07) is 17.1. The van der Waals surface area contributed by atoms with Crippen molar-refractivity contribution in [2.24, 2.45) is 5.73 Å². The molecule has 1 atom stereocenters. The summed E-state index contributed by atoms with van der Waals surface area (Å²) in [6.45, 7) is 0. The Morgan fingerprint density at radius 1 is 1.14 bits per heavy atom. The maximum absolute atomic E-state index is 11.9. The monoisotopic (exact) mass is 296 g/mol. The molecule has 1 heterocycles. The Bertz CT molecular complexity index is 737. The van der Waals surface area contributed by atoms with E-state index in [0.717, 1.165) is 11.1 Å². The normalized spacial score (nSPS) is 12.0. The van der Waals surface area contributed by atoms with Gasteiger partial charge < -0.3 is 15.1 Å². The van der Waals surface area contributed by atoms with Crippen molar-refractivity contribution in [3.63, 3.8) is 0 Å². The number of anilines is 1. The van der Waals surface area contributed by atoms with Crippen molar-refractivity contribution < 1.29 is 9.21 Å². The standard InChI is InChI=1S/C16H16N4O2/c17-15(19-14(21)10-11-6-2-1-3-7-11)20-16-18-12-8-4-5-9-13(12)22-16/h1-9,15H,10,17H2,(H,18,20)(H,19,21). The molecule has 0 bridgehead atoms. The number of carbonyl (C=O) groups is 1. The van der Waals surface area contributed by atoms with Crippen molar-refractivity contribution in [3.05, 3.63) is 60.2 Å². The summed E-state index contributed by atoms with van der Waals surface area (Å²) in [5.41, 5.74) is 8.15. The molecule has 1 amide bonds. The first kappa shape index (κ1) is 14.1. The van der Waals surface area contributed by atoms with E-state index in [1.807, 2.05) is 54.6 Å². The van der Waals surface area contributed by atoms with Crippen LogP contribution in [-0.2, 0) is 11.2 Å². The molecule has 0 spiro atoms. The van der Waals surface area contributed by atoms with Crippen molar-refractivity contribution in [2.45, 2.75) is 12.7 Å². The predicted molar refractivity (Wildman–Crippen MR) is 83.9 cm³/mol. The second-order valence-electron chi connectivity index (χ2n) is 4.84. The highest BCUT2D eigenvalue weighted by atomic mass is 16.4.